The number of nitrogens with zero attached hydrogens (tertiary/aromatic N) is 5. The number of aromatic amines is 1. The van der Waals surface area contributed by atoms with E-state index < -0.39 is 0 Å². The molecule has 2 N–H and O–H groups in total. The lowest BCUT2D eigenvalue weighted by molar-refractivity contribution is 0.149. The van der Waals surface area contributed by atoms with Crippen molar-refractivity contribution in [2.75, 3.05) is 31.5 Å². The Morgan fingerprint density at radius 2 is 1.96 bits per heavy atom. The molecule has 2 aliphatic heterocycles. The van der Waals surface area contributed by atoms with E-state index in [1.54, 1.807) is 6.33 Å². The number of carbonyl (C=O) groups is 1. The molecule has 0 radical (unpaired) electrons. The largest absolute Gasteiger partial charge is 0.364 e. The van der Waals surface area contributed by atoms with Crippen LogP contribution in [-0.4, -0.2) is 68.0 Å². The number of amides is 2. The molecule has 122 valence electrons. The van der Waals surface area contributed by atoms with Gasteiger partial charge in [-0.15, -0.1) is 0 Å². The SMILES string of the molecule is O=C(N1CCCC1)N1CCCC(Nc2ncnc3nc[nH]c23)C1. The Hall–Kier alpha value is -2.38. The third-order valence-electron chi connectivity index (χ3n) is 4.63. The van der Waals surface area contributed by atoms with Gasteiger partial charge in [0.15, 0.2) is 11.5 Å². The number of aromatic nitrogens is 4. The summed E-state index contributed by atoms with van der Waals surface area (Å²) in [6.07, 6.45) is 7.42. The van der Waals surface area contributed by atoms with Crippen LogP contribution in [0.3, 0.4) is 0 Å². The van der Waals surface area contributed by atoms with Gasteiger partial charge in [-0.2, -0.15) is 0 Å². The summed E-state index contributed by atoms with van der Waals surface area (Å²) in [5, 5.41) is 3.45. The highest BCUT2D eigenvalue weighted by Crippen LogP contribution is 2.21. The van der Waals surface area contributed by atoms with Crippen molar-refractivity contribution >= 4 is 23.0 Å². The third-order valence-corrected chi connectivity index (χ3v) is 4.63. The number of hydrogen-bond acceptors (Lipinski definition) is 5. The molecule has 0 aliphatic carbocycles. The van der Waals surface area contributed by atoms with E-state index >= 15 is 0 Å². The predicted molar refractivity (Wildman–Crippen MR) is 86.1 cm³/mol. The van der Waals surface area contributed by atoms with Crippen LogP contribution in [0.4, 0.5) is 10.6 Å². The zero-order valence-electron chi connectivity index (χ0n) is 13.0. The van der Waals surface area contributed by atoms with Crippen LogP contribution in [-0.2, 0) is 0 Å². The summed E-state index contributed by atoms with van der Waals surface area (Å²) in [6.45, 7) is 3.36. The molecule has 2 fully saturated rings. The van der Waals surface area contributed by atoms with Gasteiger partial charge in [-0.1, -0.05) is 0 Å². The molecular weight excluding hydrogens is 294 g/mol. The quantitative estimate of drug-likeness (QED) is 0.875. The fraction of sp³-hybridized carbons (Fsp3) is 0.600. The van der Waals surface area contributed by atoms with Crippen LogP contribution >= 0.6 is 0 Å². The van der Waals surface area contributed by atoms with Crippen LogP contribution in [0.15, 0.2) is 12.7 Å². The maximum absolute atomic E-state index is 12.6. The van der Waals surface area contributed by atoms with Crippen molar-refractivity contribution in [1.82, 2.24) is 29.7 Å². The lowest BCUT2D eigenvalue weighted by Crippen LogP contribution is -2.49. The standard InChI is InChI=1S/C15H21N7O/c23-15(21-5-1-2-6-21)22-7-3-4-11(8-22)20-14-12-13(17-9-16-12)18-10-19-14/h9-11H,1-8H2,(H2,16,17,18,19,20). The average Bonchev–Trinajstić information content (AvgIpc) is 3.26. The number of carbonyl (C=O) groups excluding carboxylic acids is 1. The lowest BCUT2D eigenvalue weighted by Gasteiger charge is -2.35. The van der Waals surface area contributed by atoms with Crippen LogP contribution in [0.2, 0.25) is 0 Å². The second-order valence-electron chi connectivity index (χ2n) is 6.23. The maximum Gasteiger partial charge on any atom is 0.320 e. The molecule has 4 rings (SSSR count). The van der Waals surface area contributed by atoms with Crippen LogP contribution in [0.1, 0.15) is 25.7 Å². The number of nitrogens with one attached hydrogen (secondary N) is 2. The van der Waals surface area contributed by atoms with Crippen molar-refractivity contribution in [2.24, 2.45) is 0 Å². The number of likely N-dealkylation sites (tertiary alicyclic amines) is 2. The van der Waals surface area contributed by atoms with E-state index in [0.29, 0.717) is 5.65 Å². The van der Waals surface area contributed by atoms with Crippen molar-refractivity contribution < 1.29 is 4.79 Å². The first-order valence-corrected chi connectivity index (χ1v) is 8.26. The molecular formula is C15H21N7O. The van der Waals surface area contributed by atoms with Crippen molar-refractivity contribution in [3.8, 4) is 0 Å². The van der Waals surface area contributed by atoms with E-state index in [-0.39, 0.29) is 12.1 Å². The van der Waals surface area contributed by atoms with Crippen LogP contribution in [0.5, 0.6) is 0 Å². The van der Waals surface area contributed by atoms with Crippen molar-refractivity contribution in [2.45, 2.75) is 31.7 Å². The maximum atomic E-state index is 12.6. The van der Waals surface area contributed by atoms with E-state index in [0.717, 1.165) is 63.2 Å². The summed E-state index contributed by atoms with van der Waals surface area (Å²) in [7, 11) is 0. The monoisotopic (exact) mass is 315 g/mol. The molecule has 2 amide bonds. The Bertz CT molecular complexity index is 694. The number of hydrogen-bond donors (Lipinski definition) is 2. The third kappa shape index (κ3) is 2.80. The predicted octanol–water partition coefficient (Wildman–Crippen LogP) is 1.44. The van der Waals surface area contributed by atoms with Gasteiger partial charge in [0.05, 0.1) is 6.33 Å². The fourth-order valence-corrected chi connectivity index (χ4v) is 3.44. The Morgan fingerprint density at radius 1 is 1.13 bits per heavy atom. The molecule has 1 unspecified atom stereocenters. The highest BCUT2D eigenvalue weighted by molar-refractivity contribution is 5.82. The number of urea groups is 1. The smallest absolute Gasteiger partial charge is 0.320 e. The second kappa shape index (κ2) is 6.02. The van der Waals surface area contributed by atoms with Crippen LogP contribution in [0, 0.1) is 0 Å². The molecule has 23 heavy (non-hydrogen) atoms. The Balaban J connectivity index is 1.45. The molecule has 1 atom stereocenters. The van der Waals surface area contributed by atoms with E-state index in [4.69, 9.17) is 0 Å². The number of anilines is 1. The first-order chi connectivity index (χ1) is 11.3. The molecule has 2 saturated heterocycles. The zero-order valence-corrected chi connectivity index (χ0v) is 13.0. The van der Waals surface area contributed by atoms with Gasteiger partial charge in [-0.25, -0.2) is 19.7 Å². The zero-order chi connectivity index (χ0) is 15.6. The molecule has 0 saturated carbocycles. The van der Waals surface area contributed by atoms with Gasteiger partial charge in [0.2, 0.25) is 0 Å². The number of H-pyrrole nitrogens is 1. The van der Waals surface area contributed by atoms with Gasteiger partial charge in [0.25, 0.3) is 0 Å². The number of piperidine rings is 1. The summed E-state index contributed by atoms with van der Waals surface area (Å²) in [5.41, 5.74) is 1.47. The van der Waals surface area contributed by atoms with Crippen LogP contribution in [0.25, 0.3) is 11.2 Å². The first kappa shape index (κ1) is 14.2. The number of rotatable bonds is 2. The normalized spacial score (nSPS) is 21.8. The van der Waals surface area contributed by atoms with Gasteiger partial charge in [-0.05, 0) is 25.7 Å². The number of imidazole rings is 1. The van der Waals surface area contributed by atoms with Gasteiger partial charge in [-0.3, -0.25) is 0 Å². The molecule has 0 aromatic carbocycles. The molecule has 8 nitrogen and oxygen atoms in total. The molecule has 4 heterocycles. The van der Waals surface area contributed by atoms with E-state index in [9.17, 15) is 4.79 Å². The van der Waals surface area contributed by atoms with Crippen LogP contribution < -0.4 is 5.32 Å². The molecule has 2 aliphatic rings. The van der Waals surface area contributed by atoms with Crippen molar-refractivity contribution in [3.63, 3.8) is 0 Å². The first-order valence-electron chi connectivity index (χ1n) is 8.26. The van der Waals surface area contributed by atoms with Gasteiger partial charge < -0.3 is 20.1 Å². The van der Waals surface area contributed by atoms with Gasteiger partial charge in [0, 0.05) is 32.2 Å². The summed E-state index contributed by atoms with van der Waals surface area (Å²) in [5.74, 6) is 0.757. The van der Waals surface area contributed by atoms with E-state index in [2.05, 4.69) is 25.3 Å². The highest BCUT2D eigenvalue weighted by atomic mass is 16.2. The lowest BCUT2D eigenvalue weighted by atomic mass is 10.1. The molecule has 0 spiro atoms. The highest BCUT2D eigenvalue weighted by Gasteiger charge is 2.28. The second-order valence-corrected chi connectivity index (χ2v) is 6.23. The molecule has 2 aromatic heterocycles. The Kier molecular flexibility index (Phi) is 3.72. The molecule has 2 aromatic rings. The van der Waals surface area contributed by atoms with Crippen molar-refractivity contribution in [3.05, 3.63) is 12.7 Å². The topological polar surface area (TPSA) is 90.0 Å². The fourth-order valence-electron chi connectivity index (χ4n) is 3.44. The summed E-state index contributed by atoms with van der Waals surface area (Å²) in [4.78, 5) is 32.2. The minimum Gasteiger partial charge on any atom is -0.364 e. The number of fused-ring (bicyclic) bond motifs is 1. The molecule has 8 heteroatoms. The van der Waals surface area contributed by atoms with E-state index in [1.807, 2.05) is 9.80 Å². The minimum atomic E-state index is 0.184. The Labute approximate surface area is 134 Å². The summed E-state index contributed by atoms with van der Waals surface area (Å²) >= 11 is 0. The summed E-state index contributed by atoms with van der Waals surface area (Å²) < 4.78 is 0. The molecule has 0 bridgehead atoms. The summed E-state index contributed by atoms with van der Waals surface area (Å²) in [6, 6.07) is 0.389. The minimum absolute atomic E-state index is 0.184. The Morgan fingerprint density at radius 3 is 2.83 bits per heavy atom. The van der Waals surface area contributed by atoms with Gasteiger partial charge >= 0.3 is 6.03 Å². The van der Waals surface area contributed by atoms with Crippen molar-refractivity contribution in [1.29, 1.82) is 0 Å². The van der Waals surface area contributed by atoms with E-state index in [1.165, 1.54) is 6.33 Å². The average molecular weight is 315 g/mol. The van der Waals surface area contributed by atoms with Gasteiger partial charge in [0.1, 0.15) is 11.8 Å².